The highest BCUT2D eigenvalue weighted by atomic mass is 127. The number of hydrogen-bond donors (Lipinski definition) is 2. The van der Waals surface area contributed by atoms with Crippen LogP contribution in [0.25, 0.3) is 0 Å². The maximum atomic E-state index is 11.3. The third kappa shape index (κ3) is 6.97. The molecule has 0 atom stereocenters. The van der Waals surface area contributed by atoms with E-state index in [4.69, 9.17) is 15.2 Å². The zero-order chi connectivity index (χ0) is 12.5. The maximum Gasteiger partial charge on any atom is 0.241 e. The lowest BCUT2D eigenvalue weighted by Gasteiger charge is -2.27. The standard InChI is InChI=1S/C10H20N4O3.HI/c1-16-5-2-12-9(15)8-13-10(11)14-3-6-17-7-4-14;/h2-8H2,1H3,(H2,11,13)(H,12,15);1H. The Labute approximate surface area is 124 Å². The van der Waals surface area contributed by atoms with Gasteiger partial charge in [-0.25, -0.2) is 4.99 Å². The number of rotatable bonds is 5. The van der Waals surface area contributed by atoms with Gasteiger partial charge in [0.15, 0.2) is 5.96 Å². The SMILES string of the molecule is COCCNC(=O)CN=C(N)N1CCOCC1.I. The summed E-state index contributed by atoms with van der Waals surface area (Å²) in [6.45, 7) is 3.78. The molecule has 3 N–H and O–H groups in total. The molecule has 1 fully saturated rings. The Kier molecular flexibility index (Phi) is 9.98. The van der Waals surface area contributed by atoms with Crippen LogP contribution in [0.15, 0.2) is 4.99 Å². The minimum Gasteiger partial charge on any atom is -0.383 e. The third-order valence-corrected chi connectivity index (χ3v) is 2.35. The summed E-state index contributed by atoms with van der Waals surface area (Å²) in [5.74, 6) is 0.244. The first-order valence-electron chi connectivity index (χ1n) is 5.62. The Morgan fingerprint density at radius 1 is 1.50 bits per heavy atom. The Hall–Kier alpha value is -0.610. The number of morpholine rings is 1. The van der Waals surface area contributed by atoms with Crippen LogP contribution in [-0.2, 0) is 14.3 Å². The molecule has 1 heterocycles. The number of nitrogens with one attached hydrogen (secondary N) is 1. The molecule has 1 amide bonds. The van der Waals surface area contributed by atoms with Crippen LogP contribution in [0.3, 0.4) is 0 Å². The number of aliphatic imine (C=N–C) groups is 1. The summed E-state index contributed by atoms with van der Waals surface area (Å²) in [7, 11) is 1.58. The van der Waals surface area contributed by atoms with Crippen molar-refractivity contribution >= 4 is 35.8 Å². The van der Waals surface area contributed by atoms with Crippen molar-refractivity contribution in [2.24, 2.45) is 10.7 Å². The van der Waals surface area contributed by atoms with E-state index in [0.717, 1.165) is 13.1 Å². The summed E-state index contributed by atoms with van der Waals surface area (Å²) in [6.07, 6.45) is 0. The summed E-state index contributed by atoms with van der Waals surface area (Å²) < 4.78 is 10.0. The van der Waals surface area contributed by atoms with E-state index in [1.165, 1.54) is 0 Å². The van der Waals surface area contributed by atoms with Gasteiger partial charge in [0.25, 0.3) is 0 Å². The molecule has 1 rings (SSSR count). The number of carbonyl (C=O) groups is 1. The molecule has 8 heteroatoms. The van der Waals surface area contributed by atoms with Crippen LogP contribution in [0.2, 0.25) is 0 Å². The minimum absolute atomic E-state index is 0. The predicted molar refractivity (Wildman–Crippen MR) is 79.2 cm³/mol. The molecule has 0 saturated carbocycles. The lowest BCUT2D eigenvalue weighted by molar-refractivity contribution is -0.119. The highest BCUT2D eigenvalue weighted by Crippen LogP contribution is 1.95. The van der Waals surface area contributed by atoms with Crippen molar-refractivity contribution in [2.45, 2.75) is 0 Å². The van der Waals surface area contributed by atoms with Gasteiger partial charge in [-0.1, -0.05) is 0 Å². The predicted octanol–water partition coefficient (Wildman–Crippen LogP) is -0.986. The van der Waals surface area contributed by atoms with Crippen LogP contribution in [0.5, 0.6) is 0 Å². The van der Waals surface area contributed by atoms with Gasteiger partial charge in [-0.05, 0) is 0 Å². The number of guanidine groups is 1. The zero-order valence-electron chi connectivity index (χ0n) is 10.6. The van der Waals surface area contributed by atoms with Crippen molar-refractivity contribution < 1.29 is 14.3 Å². The van der Waals surface area contributed by atoms with Gasteiger partial charge < -0.3 is 25.4 Å². The minimum atomic E-state index is -0.154. The molecular weight excluding hydrogens is 351 g/mol. The molecule has 1 aliphatic rings. The average Bonchev–Trinajstić information content (AvgIpc) is 2.37. The van der Waals surface area contributed by atoms with E-state index in [1.807, 2.05) is 4.90 Å². The van der Waals surface area contributed by atoms with Gasteiger partial charge in [-0.3, -0.25) is 4.79 Å². The van der Waals surface area contributed by atoms with Gasteiger partial charge in [0, 0.05) is 26.7 Å². The first-order valence-corrected chi connectivity index (χ1v) is 5.62. The highest BCUT2D eigenvalue weighted by molar-refractivity contribution is 14.0. The normalized spacial score (nSPS) is 16.1. The summed E-state index contributed by atoms with van der Waals surface area (Å²) in [6, 6.07) is 0. The molecule has 0 aromatic heterocycles. The van der Waals surface area contributed by atoms with Crippen molar-refractivity contribution in [3.8, 4) is 0 Å². The fourth-order valence-electron chi connectivity index (χ4n) is 1.39. The highest BCUT2D eigenvalue weighted by Gasteiger charge is 2.12. The maximum absolute atomic E-state index is 11.3. The van der Waals surface area contributed by atoms with E-state index in [9.17, 15) is 4.79 Å². The monoisotopic (exact) mass is 372 g/mol. The van der Waals surface area contributed by atoms with Gasteiger partial charge in [0.05, 0.1) is 19.8 Å². The fraction of sp³-hybridized carbons (Fsp3) is 0.800. The summed E-state index contributed by atoms with van der Waals surface area (Å²) in [5.41, 5.74) is 5.77. The molecule has 0 aromatic rings. The molecular formula is C10H21IN4O3. The van der Waals surface area contributed by atoms with Crippen molar-refractivity contribution in [3.63, 3.8) is 0 Å². The average molecular weight is 372 g/mol. The lowest BCUT2D eigenvalue weighted by atomic mass is 10.4. The van der Waals surface area contributed by atoms with E-state index >= 15 is 0 Å². The molecule has 0 radical (unpaired) electrons. The van der Waals surface area contributed by atoms with Crippen LogP contribution in [0.4, 0.5) is 0 Å². The van der Waals surface area contributed by atoms with Gasteiger partial charge in [-0.2, -0.15) is 0 Å². The molecule has 0 bridgehead atoms. The van der Waals surface area contributed by atoms with Crippen molar-refractivity contribution in [2.75, 3.05) is 53.1 Å². The third-order valence-electron chi connectivity index (χ3n) is 2.35. The molecule has 0 aliphatic carbocycles. The molecule has 0 unspecified atom stereocenters. The smallest absolute Gasteiger partial charge is 0.241 e. The largest absolute Gasteiger partial charge is 0.383 e. The van der Waals surface area contributed by atoms with Crippen molar-refractivity contribution in [1.82, 2.24) is 10.2 Å². The van der Waals surface area contributed by atoms with Gasteiger partial charge in [0.1, 0.15) is 6.54 Å². The number of halogens is 1. The van der Waals surface area contributed by atoms with E-state index in [-0.39, 0.29) is 36.4 Å². The number of amides is 1. The summed E-state index contributed by atoms with van der Waals surface area (Å²) in [5, 5.41) is 2.67. The number of hydrogen-bond acceptors (Lipinski definition) is 4. The zero-order valence-corrected chi connectivity index (χ0v) is 12.9. The number of ether oxygens (including phenoxy) is 2. The molecule has 0 aromatic carbocycles. The number of nitrogens with zero attached hydrogens (tertiary/aromatic N) is 2. The second-order valence-electron chi connectivity index (χ2n) is 3.62. The van der Waals surface area contributed by atoms with E-state index in [1.54, 1.807) is 7.11 Å². The van der Waals surface area contributed by atoms with Crippen LogP contribution in [-0.4, -0.2) is 69.9 Å². The van der Waals surface area contributed by atoms with E-state index in [2.05, 4.69) is 10.3 Å². The number of methoxy groups -OCH3 is 1. The van der Waals surface area contributed by atoms with E-state index < -0.39 is 0 Å². The Balaban J connectivity index is 0.00000289. The van der Waals surface area contributed by atoms with Crippen LogP contribution in [0, 0.1) is 0 Å². The number of carbonyl (C=O) groups excluding carboxylic acids is 1. The Morgan fingerprint density at radius 3 is 2.78 bits per heavy atom. The molecule has 106 valence electrons. The Morgan fingerprint density at radius 2 is 2.17 bits per heavy atom. The number of nitrogens with two attached hydrogens (primary N) is 1. The second kappa shape index (κ2) is 10.3. The Bertz CT molecular complexity index is 270. The van der Waals surface area contributed by atoms with Gasteiger partial charge in [-0.15, -0.1) is 24.0 Å². The van der Waals surface area contributed by atoms with Crippen molar-refractivity contribution in [3.05, 3.63) is 0 Å². The first-order chi connectivity index (χ1) is 8.24. The lowest BCUT2D eigenvalue weighted by Crippen LogP contribution is -2.45. The molecule has 1 saturated heterocycles. The second-order valence-corrected chi connectivity index (χ2v) is 3.62. The molecule has 0 spiro atoms. The van der Waals surface area contributed by atoms with Crippen LogP contribution >= 0.6 is 24.0 Å². The van der Waals surface area contributed by atoms with Gasteiger partial charge in [0.2, 0.25) is 5.91 Å². The summed E-state index contributed by atoms with van der Waals surface area (Å²) in [4.78, 5) is 17.3. The fourth-order valence-corrected chi connectivity index (χ4v) is 1.39. The van der Waals surface area contributed by atoms with Gasteiger partial charge >= 0.3 is 0 Å². The van der Waals surface area contributed by atoms with Crippen LogP contribution < -0.4 is 11.1 Å². The topological polar surface area (TPSA) is 89.2 Å². The quantitative estimate of drug-likeness (QED) is 0.280. The van der Waals surface area contributed by atoms with Crippen molar-refractivity contribution in [1.29, 1.82) is 0 Å². The molecule has 7 nitrogen and oxygen atoms in total. The molecule has 18 heavy (non-hydrogen) atoms. The van der Waals surface area contributed by atoms with Crippen LogP contribution in [0.1, 0.15) is 0 Å². The summed E-state index contributed by atoms with van der Waals surface area (Å²) >= 11 is 0. The first kappa shape index (κ1) is 17.4. The molecule has 1 aliphatic heterocycles. The van der Waals surface area contributed by atoms with E-state index in [0.29, 0.717) is 32.3 Å².